The fourth-order valence-corrected chi connectivity index (χ4v) is 4.15. The third kappa shape index (κ3) is 3.73. The van der Waals surface area contributed by atoms with Gasteiger partial charge in [0.05, 0.1) is 17.6 Å². The van der Waals surface area contributed by atoms with Crippen molar-refractivity contribution < 1.29 is 4.39 Å². The Balaban J connectivity index is 1.57. The molecule has 160 valence electrons. The Kier molecular flexibility index (Phi) is 5.25. The maximum atomic E-state index is 15.8. The normalized spacial score (nSPS) is 15.7. The zero-order chi connectivity index (χ0) is 21.4. The maximum absolute atomic E-state index is 15.8. The molecule has 5 rings (SSSR count). The molecule has 0 atom stereocenters. The Morgan fingerprint density at radius 3 is 2.35 bits per heavy atom. The van der Waals surface area contributed by atoms with Crippen molar-refractivity contribution in [2.45, 2.75) is 6.54 Å². The predicted octanol–water partition coefficient (Wildman–Crippen LogP) is 2.89. The lowest BCUT2D eigenvalue weighted by Gasteiger charge is -2.32. The van der Waals surface area contributed by atoms with Gasteiger partial charge in [0.15, 0.2) is 11.5 Å². The lowest BCUT2D eigenvalue weighted by atomic mass is 10.1. The minimum atomic E-state index is -0.377. The Hall–Kier alpha value is -3.10. The summed E-state index contributed by atoms with van der Waals surface area (Å²) >= 11 is 0. The SMILES string of the molecule is CN1CCN(CCn2nc(-c3cccn3C)c3c(F)c(-c4ccccc4)nnc32)CC1. The molecule has 0 spiro atoms. The van der Waals surface area contributed by atoms with Crippen LogP contribution >= 0.6 is 0 Å². The molecule has 31 heavy (non-hydrogen) atoms. The molecule has 0 amide bonds. The summed E-state index contributed by atoms with van der Waals surface area (Å²) in [5, 5.41) is 13.9. The van der Waals surface area contributed by atoms with E-state index in [-0.39, 0.29) is 11.5 Å². The highest BCUT2D eigenvalue weighted by molar-refractivity contribution is 5.93. The van der Waals surface area contributed by atoms with Crippen molar-refractivity contribution in [1.29, 1.82) is 0 Å². The molecule has 0 bridgehead atoms. The fraction of sp³-hybridized carbons (Fsp3) is 0.348. The third-order valence-corrected chi connectivity index (χ3v) is 6.06. The summed E-state index contributed by atoms with van der Waals surface area (Å²) in [7, 11) is 4.09. The number of fused-ring (bicyclic) bond motifs is 1. The summed E-state index contributed by atoms with van der Waals surface area (Å²) in [5.74, 6) is -0.377. The third-order valence-electron chi connectivity index (χ3n) is 6.06. The summed E-state index contributed by atoms with van der Waals surface area (Å²) in [4.78, 5) is 4.75. The van der Waals surface area contributed by atoms with Crippen molar-refractivity contribution in [2.75, 3.05) is 39.8 Å². The lowest BCUT2D eigenvalue weighted by Crippen LogP contribution is -2.45. The van der Waals surface area contributed by atoms with Gasteiger partial charge < -0.3 is 9.47 Å². The molecule has 0 unspecified atom stereocenters. The number of hydrogen-bond donors (Lipinski definition) is 0. The molecule has 0 N–H and O–H groups in total. The number of halogens is 1. The van der Waals surface area contributed by atoms with Crippen molar-refractivity contribution in [3.63, 3.8) is 0 Å². The smallest absolute Gasteiger partial charge is 0.184 e. The van der Waals surface area contributed by atoms with E-state index >= 15 is 4.39 Å². The Labute approximate surface area is 180 Å². The molecule has 1 aliphatic rings. The van der Waals surface area contributed by atoms with Crippen LogP contribution in [0.2, 0.25) is 0 Å². The van der Waals surface area contributed by atoms with Crippen LogP contribution in [0.4, 0.5) is 4.39 Å². The maximum Gasteiger partial charge on any atom is 0.184 e. The first kappa shape index (κ1) is 19.8. The molecule has 0 aliphatic carbocycles. The van der Waals surface area contributed by atoms with Gasteiger partial charge >= 0.3 is 0 Å². The van der Waals surface area contributed by atoms with Crippen molar-refractivity contribution in [2.24, 2.45) is 7.05 Å². The number of aryl methyl sites for hydroxylation is 1. The second-order valence-electron chi connectivity index (χ2n) is 8.15. The van der Waals surface area contributed by atoms with Gasteiger partial charge in [-0.2, -0.15) is 5.10 Å². The molecule has 3 aromatic heterocycles. The average molecular weight is 420 g/mol. The first-order valence-corrected chi connectivity index (χ1v) is 10.6. The van der Waals surface area contributed by atoms with Crippen LogP contribution in [-0.4, -0.2) is 74.1 Å². The molecular formula is C23H26FN7. The van der Waals surface area contributed by atoms with Crippen LogP contribution < -0.4 is 0 Å². The second-order valence-corrected chi connectivity index (χ2v) is 8.15. The predicted molar refractivity (Wildman–Crippen MR) is 119 cm³/mol. The monoisotopic (exact) mass is 419 g/mol. The number of nitrogens with zero attached hydrogens (tertiary/aromatic N) is 7. The topological polar surface area (TPSA) is 55.0 Å². The Morgan fingerprint density at radius 2 is 1.65 bits per heavy atom. The van der Waals surface area contributed by atoms with Crippen LogP contribution in [0.15, 0.2) is 48.7 Å². The number of piperazine rings is 1. The molecule has 4 heterocycles. The van der Waals surface area contributed by atoms with E-state index in [0.717, 1.165) is 38.4 Å². The number of hydrogen-bond acceptors (Lipinski definition) is 5. The molecule has 1 aromatic carbocycles. The van der Waals surface area contributed by atoms with Crippen LogP contribution in [0.1, 0.15) is 0 Å². The molecule has 1 aliphatic heterocycles. The van der Waals surface area contributed by atoms with E-state index in [0.29, 0.717) is 28.8 Å². The van der Waals surface area contributed by atoms with Crippen molar-refractivity contribution in [3.05, 3.63) is 54.5 Å². The molecule has 0 radical (unpaired) electrons. The van der Waals surface area contributed by atoms with Gasteiger partial charge in [-0.15, -0.1) is 10.2 Å². The lowest BCUT2D eigenvalue weighted by molar-refractivity contribution is 0.149. The average Bonchev–Trinajstić information content (AvgIpc) is 3.38. The van der Waals surface area contributed by atoms with Crippen LogP contribution in [-0.2, 0) is 13.6 Å². The Bertz CT molecular complexity index is 1190. The van der Waals surface area contributed by atoms with Crippen molar-refractivity contribution in [1.82, 2.24) is 34.3 Å². The largest absolute Gasteiger partial charge is 0.349 e. The molecule has 4 aromatic rings. The number of benzene rings is 1. The molecule has 1 saturated heterocycles. The van der Waals surface area contributed by atoms with E-state index in [2.05, 4.69) is 27.0 Å². The summed E-state index contributed by atoms with van der Waals surface area (Å²) < 4.78 is 19.6. The minimum absolute atomic E-state index is 0.252. The van der Waals surface area contributed by atoms with Gasteiger partial charge in [0.1, 0.15) is 11.4 Å². The standard InChI is InChI=1S/C23H26FN7/c1-28-11-13-30(14-12-28)15-16-31-23-19(22(27-31)18-9-6-10-29(18)2)20(24)21(25-26-23)17-7-4-3-5-8-17/h3-10H,11-16H2,1-2H3. The zero-order valence-corrected chi connectivity index (χ0v) is 17.9. The quantitative estimate of drug-likeness (QED) is 0.498. The molecule has 0 saturated carbocycles. The highest BCUT2D eigenvalue weighted by atomic mass is 19.1. The Morgan fingerprint density at radius 1 is 0.871 bits per heavy atom. The van der Waals surface area contributed by atoms with Gasteiger partial charge in [-0.05, 0) is 19.2 Å². The summed E-state index contributed by atoms with van der Waals surface area (Å²) in [6.45, 7) is 5.66. The van der Waals surface area contributed by atoms with Crippen LogP contribution in [0.5, 0.6) is 0 Å². The molecule has 7 nitrogen and oxygen atoms in total. The van der Waals surface area contributed by atoms with Gasteiger partial charge in [0.25, 0.3) is 0 Å². The first-order chi connectivity index (χ1) is 15.1. The van der Waals surface area contributed by atoms with Crippen LogP contribution in [0.3, 0.4) is 0 Å². The van der Waals surface area contributed by atoms with Crippen molar-refractivity contribution in [3.8, 4) is 22.6 Å². The van der Waals surface area contributed by atoms with Gasteiger partial charge in [-0.3, -0.25) is 4.90 Å². The number of aromatic nitrogens is 5. The number of rotatable bonds is 5. The van der Waals surface area contributed by atoms with Gasteiger partial charge in [0.2, 0.25) is 0 Å². The van der Waals surface area contributed by atoms with E-state index in [1.165, 1.54) is 0 Å². The summed E-state index contributed by atoms with van der Waals surface area (Å²) in [6, 6.07) is 13.2. The van der Waals surface area contributed by atoms with E-state index < -0.39 is 0 Å². The zero-order valence-electron chi connectivity index (χ0n) is 17.9. The fourth-order valence-electron chi connectivity index (χ4n) is 4.15. The highest BCUT2D eigenvalue weighted by Gasteiger charge is 2.24. The summed E-state index contributed by atoms with van der Waals surface area (Å²) in [5.41, 5.74) is 2.90. The summed E-state index contributed by atoms with van der Waals surface area (Å²) in [6.07, 6.45) is 1.94. The van der Waals surface area contributed by atoms with E-state index in [1.807, 2.05) is 60.3 Å². The van der Waals surface area contributed by atoms with E-state index in [9.17, 15) is 0 Å². The second kappa shape index (κ2) is 8.20. The minimum Gasteiger partial charge on any atom is -0.349 e. The first-order valence-electron chi connectivity index (χ1n) is 10.6. The molecular weight excluding hydrogens is 393 g/mol. The van der Waals surface area contributed by atoms with Gasteiger partial charge in [-0.1, -0.05) is 30.3 Å². The van der Waals surface area contributed by atoms with Gasteiger partial charge in [-0.25, -0.2) is 9.07 Å². The van der Waals surface area contributed by atoms with Crippen molar-refractivity contribution >= 4 is 11.0 Å². The van der Waals surface area contributed by atoms with Crippen LogP contribution in [0, 0.1) is 5.82 Å². The van der Waals surface area contributed by atoms with E-state index in [1.54, 1.807) is 4.68 Å². The molecule has 8 heteroatoms. The van der Waals surface area contributed by atoms with E-state index in [4.69, 9.17) is 5.10 Å². The van der Waals surface area contributed by atoms with Crippen LogP contribution in [0.25, 0.3) is 33.7 Å². The highest BCUT2D eigenvalue weighted by Crippen LogP contribution is 2.32. The molecule has 1 fully saturated rings. The van der Waals surface area contributed by atoms with Gasteiger partial charge in [0, 0.05) is 51.5 Å². The number of likely N-dealkylation sites (N-methyl/N-ethyl adjacent to an activating group) is 1.